The molecule has 224 valence electrons. The third kappa shape index (κ3) is 35.2. The van der Waals surface area contributed by atoms with Crippen LogP contribution in [0.2, 0.25) is 0 Å². The van der Waals surface area contributed by atoms with Crippen molar-refractivity contribution in [1.29, 1.82) is 0 Å². The van der Waals surface area contributed by atoms with Crippen LogP contribution in [0.1, 0.15) is 206 Å². The second-order valence-electron chi connectivity index (χ2n) is 12.0. The Kier molecular flexibility index (Phi) is 33.4. The van der Waals surface area contributed by atoms with Crippen molar-refractivity contribution in [3.05, 3.63) is 24.3 Å². The van der Waals surface area contributed by atoms with Crippen molar-refractivity contribution in [2.75, 3.05) is 0 Å². The van der Waals surface area contributed by atoms with Crippen molar-refractivity contribution in [1.82, 2.24) is 0 Å². The van der Waals surface area contributed by atoms with Crippen LogP contribution in [-0.2, 0) is 4.79 Å². The van der Waals surface area contributed by atoms with Gasteiger partial charge in [0, 0.05) is 6.42 Å². The van der Waals surface area contributed by atoms with Gasteiger partial charge in [-0.2, -0.15) is 0 Å². The molecule has 0 fully saturated rings. The van der Waals surface area contributed by atoms with Crippen LogP contribution in [0.5, 0.6) is 0 Å². The molecule has 0 amide bonds. The van der Waals surface area contributed by atoms with Crippen LogP contribution in [0.3, 0.4) is 0 Å². The van der Waals surface area contributed by atoms with Gasteiger partial charge in [-0.1, -0.05) is 160 Å². The van der Waals surface area contributed by atoms with Crippen molar-refractivity contribution < 1.29 is 4.79 Å². The molecular formula is C37H70O. The highest BCUT2D eigenvalue weighted by Crippen LogP contribution is 2.14. The van der Waals surface area contributed by atoms with E-state index < -0.39 is 0 Å². The Balaban J connectivity index is 3.15. The first-order chi connectivity index (χ1) is 18.8. The van der Waals surface area contributed by atoms with E-state index in [-0.39, 0.29) is 0 Å². The number of allylic oxidation sites excluding steroid dienone is 4. The van der Waals surface area contributed by atoms with Crippen LogP contribution in [-0.4, -0.2) is 5.78 Å². The average molecular weight is 531 g/mol. The van der Waals surface area contributed by atoms with Gasteiger partial charge in [0.2, 0.25) is 0 Å². The second kappa shape index (κ2) is 34.2. The van der Waals surface area contributed by atoms with Crippen LogP contribution < -0.4 is 0 Å². The molecule has 1 nitrogen and oxygen atoms in total. The van der Waals surface area contributed by atoms with Gasteiger partial charge in [0.1, 0.15) is 5.78 Å². The molecule has 0 saturated carbocycles. The molecule has 0 aliphatic carbocycles. The van der Waals surface area contributed by atoms with Gasteiger partial charge in [0.15, 0.2) is 0 Å². The molecule has 0 aromatic carbocycles. The maximum atomic E-state index is 10.9. The van der Waals surface area contributed by atoms with E-state index >= 15 is 0 Å². The molecule has 0 aliphatic heterocycles. The fraction of sp³-hybridized carbons (Fsp3) is 0.865. The summed E-state index contributed by atoms with van der Waals surface area (Å²) >= 11 is 0. The van der Waals surface area contributed by atoms with E-state index in [0.717, 1.165) is 12.8 Å². The normalized spacial score (nSPS) is 11.8. The third-order valence-electron chi connectivity index (χ3n) is 7.95. The van der Waals surface area contributed by atoms with Gasteiger partial charge in [0.05, 0.1) is 0 Å². The van der Waals surface area contributed by atoms with Gasteiger partial charge in [-0.05, 0) is 64.7 Å². The summed E-state index contributed by atoms with van der Waals surface area (Å²) in [6, 6.07) is 0. The van der Waals surface area contributed by atoms with Gasteiger partial charge in [-0.15, -0.1) is 0 Å². The zero-order valence-corrected chi connectivity index (χ0v) is 26.4. The van der Waals surface area contributed by atoms with Crippen molar-refractivity contribution in [3.8, 4) is 0 Å². The molecule has 1 heteroatoms. The Morgan fingerprint density at radius 2 is 0.605 bits per heavy atom. The Bertz CT molecular complexity index is 503. The lowest BCUT2D eigenvalue weighted by atomic mass is 10.0. The van der Waals surface area contributed by atoms with Gasteiger partial charge in [-0.25, -0.2) is 0 Å². The van der Waals surface area contributed by atoms with E-state index in [1.807, 2.05) is 0 Å². The predicted molar refractivity (Wildman–Crippen MR) is 173 cm³/mol. The van der Waals surface area contributed by atoms with Crippen LogP contribution in [0.4, 0.5) is 0 Å². The molecule has 0 bridgehead atoms. The molecule has 0 aromatic rings. The summed E-state index contributed by atoms with van der Waals surface area (Å²) < 4.78 is 0. The Labute approximate surface area is 241 Å². The predicted octanol–water partition coefficient (Wildman–Crippen LogP) is 13.4. The van der Waals surface area contributed by atoms with E-state index in [0.29, 0.717) is 5.78 Å². The molecule has 0 N–H and O–H groups in total. The average Bonchev–Trinajstić information content (AvgIpc) is 2.91. The van der Waals surface area contributed by atoms with Gasteiger partial charge in [0.25, 0.3) is 0 Å². The molecule has 0 spiro atoms. The minimum absolute atomic E-state index is 0.346. The number of Topliss-reactive ketones (excluding diaryl/α,β-unsaturated/α-hetero) is 1. The number of hydrogen-bond acceptors (Lipinski definition) is 1. The third-order valence-corrected chi connectivity index (χ3v) is 7.95. The highest BCUT2D eigenvalue weighted by atomic mass is 16.1. The Hall–Kier alpha value is -0.850. The SMILES string of the molecule is CCCCCCCCCCCCCC/C=C/CCCCC/C=C/CCCCCCCCCCCCC(C)=O. The van der Waals surface area contributed by atoms with E-state index in [1.165, 1.54) is 180 Å². The molecule has 0 aliphatic rings. The first-order valence-corrected chi connectivity index (χ1v) is 17.6. The Morgan fingerprint density at radius 1 is 0.368 bits per heavy atom. The first kappa shape index (κ1) is 37.1. The lowest BCUT2D eigenvalue weighted by Crippen LogP contribution is -1.89. The lowest BCUT2D eigenvalue weighted by molar-refractivity contribution is -0.117. The molecule has 0 rings (SSSR count). The number of carbonyl (C=O) groups excluding carboxylic acids is 1. The lowest BCUT2D eigenvalue weighted by Gasteiger charge is -2.02. The fourth-order valence-electron chi connectivity index (χ4n) is 5.33. The van der Waals surface area contributed by atoms with Gasteiger partial charge in [-0.3, -0.25) is 0 Å². The van der Waals surface area contributed by atoms with Crippen LogP contribution in [0.25, 0.3) is 0 Å². The van der Waals surface area contributed by atoms with Crippen LogP contribution in [0.15, 0.2) is 24.3 Å². The number of hydrogen-bond donors (Lipinski definition) is 0. The molecule has 0 radical (unpaired) electrons. The summed E-state index contributed by atoms with van der Waals surface area (Å²) in [7, 11) is 0. The fourth-order valence-corrected chi connectivity index (χ4v) is 5.33. The Morgan fingerprint density at radius 3 is 0.895 bits per heavy atom. The van der Waals surface area contributed by atoms with Crippen LogP contribution >= 0.6 is 0 Å². The molecule has 0 atom stereocenters. The van der Waals surface area contributed by atoms with E-state index in [1.54, 1.807) is 6.92 Å². The minimum atomic E-state index is 0.346. The molecule has 0 unspecified atom stereocenters. The summed E-state index contributed by atoms with van der Waals surface area (Å²) in [5.41, 5.74) is 0. The number of carbonyl (C=O) groups is 1. The number of unbranched alkanes of at least 4 members (excludes halogenated alkanes) is 26. The molecule has 0 saturated heterocycles. The van der Waals surface area contributed by atoms with Gasteiger partial charge < -0.3 is 4.79 Å². The van der Waals surface area contributed by atoms with Crippen LogP contribution in [0, 0.1) is 0 Å². The quantitative estimate of drug-likeness (QED) is 0.0624. The second-order valence-corrected chi connectivity index (χ2v) is 12.0. The smallest absolute Gasteiger partial charge is 0.129 e. The van der Waals surface area contributed by atoms with Crippen molar-refractivity contribution in [3.63, 3.8) is 0 Å². The molecule has 0 aromatic heterocycles. The molecule has 0 heterocycles. The summed E-state index contributed by atoms with van der Waals surface area (Å²) in [5, 5.41) is 0. The topological polar surface area (TPSA) is 17.1 Å². The maximum absolute atomic E-state index is 10.9. The minimum Gasteiger partial charge on any atom is -0.300 e. The number of rotatable bonds is 32. The standard InChI is InChI=1S/C37H70O/c1-3-4-5-6-7-8-9-10-11-12-13-14-15-16-17-18-19-20-21-22-23-24-25-26-27-28-29-30-31-32-33-34-35-36-37(2)38/h16-17,23-24H,3-15,18-22,25-36H2,1-2H3/b17-16+,24-23+. The number of ketones is 1. The van der Waals surface area contributed by atoms with E-state index in [4.69, 9.17) is 0 Å². The highest BCUT2D eigenvalue weighted by molar-refractivity contribution is 5.75. The monoisotopic (exact) mass is 531 g/mol. The van der Waals surface area contributed by atoms with E-state index in [9.17, 15) is 4.79 Å². The summed E-state index contributed by atoms with van der Waals surface area (Å²) in [5.74, 6) is 0.346. The van der Waals surface area contributed by atoms with Crippen molar-refractivity contribution >= 4 is 5.78 Å². The van der Waals surface area contributed by atoms with Crippen molar-refractivity contribution in [2.24, 2.45) is 0 Å². The zero-order valence-electron chi connectivity index (χ0n) is 26.4. The summed E-state index contributed by atoms with van der Waals surface area (Å²) in [6.45, 7) is 4.00. The summed E-state index contributed by atoms with van der Waals surface area (Å²) in [6.07, 6.45) is 50.4. The maximum Gasteiger partial charge on any atom is 0.129 e. The molecular weight excluding hydrogens is 460 g/mol. The largest absolute Gasteiger partial charge is 0.300 e. The van der Waals surface area contributed by atoms with E-state index in [2.05, 4.69) is 31.2 Å². The highest BCUT2D eigenvalue weighted by Gasteiger charge is 1.96. The zero-order chi connectivity index (χ0) is 27.6. The molecule has 38 heavy (non-hydrogen) atoms. The van der Waals surface area contributed by atoms with Gasteiger partial charge >= 0.3 is 0 Å². The van der Waals surface area contributed by atoms with Crippen molar-refractivity contribution in [2.45, 2.75) is 206 Å². The first-order valence-electron chi connectivity index (χ1n) is 17.6. The summed E-state index contributed by atoms with van der Waals surface area (Å²) in [4.78, 5) is 10.9.